The van der Waals surface area contributed by atoms with Gasteiger partial charge in [0.1, 0.15) is 19.8 Å². The molecular formula is C72H141NO8P+. The van der Waals surface area contributed by atoms with Crippen molar-refractivity contribution in [1.82, 2.24) is 0 Å². The second kappa shape index (κ2) is 64.0. The third-order valence-electron chi connectivity index (χ3n) is 16.5. The van der Waals surface area contributed by atoms with Gasteiger partial charge in [0.05, 0.1) is 27.7 Å². The van der Waals surface area contributed by atoms with E-state index in [0.29, 0.717) is 23.9 Å². The number of likely N-dealkylation sites (N-methyl/N-ethyl adjacent to an activating group) is 1. The average Bonchev–Trinajstić information content (AvgIpc) is 3.46. The lowest BCUT2D eigenvalue weighted by molar-refractivity contribution is -0.870. The Bertz CT molecular complexity index is 1430. The van der Waals surface area contributed by atoms with Gasteiger partial charge in [0.25, 0.3) is 0 Å². The van der Waals surface area contributed by atoms with Crippen LogP contribution >= 0.6 is 7.82 Å². The number of rotatable bonds is 68. The smallest absolute Gasteiger partial charge is 0.462 e. The van der Waals surface area contributed by atoms with Gasteiger partial charge >= 0.3 is 19.8 Å². The van der Waals surface area contributed by atoms with Crippen LogP contribution in [0.2, 0.25) is 0 Å². The van der Waals surface area contributed by atoms with E-state index in [1.165, 1.54) is 302 Å². The summed E-state index contributed by atoms with van der Waals surface area (Å²) in [5.41, 5.74) is 0. The van der Waals surface area contributed by atoms with Crippen LogP contribution in [0.25, 0.3) is 0 Å². The zero-order valence-electron chi connectivity index (χ0n) is 55.5. The molecule has 0 aliphatic carbocycles. The highest BCUT2D eigenvalue weighted by Crippen LogP contribution is 2.43. The Morgan fingerprint density at radius 2 is 0.659 bits per heavy atom. The lowest BCUT2D eigenvalue weighted by Crippen LogP contribution is -2.37. The van der Waals surface area contributed by atoms with Crippen LogP contribution in [0.5, 0.6) is 0 Å². The summed E-state index contributed by atoms with van der Waals surface area (Å²) < 4.78 is 34.8. The fourth-order valence-corrected chi connectivity index (χ4v) is 11.7. The summed E-state index contributed by atoms with van der Waals surface area (Å²) in [6.07, 6.45) is 80.1. The van der Waals surface area contributed by atoms with Crippen molar-refractivity contribution in [1.29, 1.82) is 0 Å². The maximum absolute atomic E-state index is 12.9. The van der Waals surface area contributed by atoms with Crippen LogP contribution in [0, 0.1) is 0 Å². The molecule has 486 valence electrons. The van der Waals surface area contributed by atoms with Gasteiger partial charge in [0, 0.05) is 12.8 Å². The van der Waals surface area contributed by atoms with Gasteiger partial charge in [-0.15, -0.1) is 0 Å². The maximum Gasteiger partial charge on any atom is 0.472 e. The molecule has 0 rings (SSSR count). The quantitative estimate of drug-likeness (QED) is 0.0211. The molecule has 0 spiro atoms. The van der Waals surface area contributed by atoms with Crippen molar-refractivity contribution >= 4 is 19.8 Å². The Labute approximate surface area is 510 Å². The Balaban J connectivity index is 3.97. The number of carbonyl (C=O) groups excluding carboxylic acids is 2. The highest BCUT2D eigenvalue weighted by atomic mass is 31.2. The van der Waals surface area contributed by atoms with Crippen LogP contribution in [-0.4, -0.2) is 74.9 Å². The second-order valence-corrected chi connectivity index (χ2v) is 27.4. The molecule has 0 aromatic carbocycles. The van der Waals surface area contributed by atoms with Crippen molar-refractivity contribution < 1.29 is 42.1 Å². The number of nitrogens with zero attached hydrogens (tertiary/aromatic N) is 1. The van der Waals surface area contributed by atoms with Gasteiger partial charge in [-0.05, 0) is 44.9 Å². The monoisotopic (exact) mass is 1180 g/mol. The van der Waals surface area contributed by atoms with Gasteiger partial charge in [0.2, 0.25) is 0 Å². The highest BCUT2D eigenvalue weighted by Gasteiger charge is 2.27. The summed E-state index contributed by atoms with van der Waals surface area (Å²) >= 11 is 0. The number of hydrogen-bond acceptors (Lipinski definition) is 7. The molecule has 2 atom stereocenters. The van der Waals surface area contributed by atoms with Gasteiger partial charge in [-0.25, -0.2) is 4.57 Å². The highest BCUT2D eigenvalue weighted by molar-refractivity contribution is 7.47. The van der Waals surface area contributed by atoms with E-state index in [1.807, 2.05) is 21.1 Å². The molecule has 0 radical (unpaired) electrons. The average molecular weight is 1180 g/mol. The number of quaternary nitrogens is 1. The van der Waals surface area contributed by atoms with Crippen molar-refractivity contribution in [3.63, 3.8) is 0 Å². The van der Waals surface area contributed by atoms with E-state index in [9.17, 15) is 19.0 Å². The summed E-state index contributed by atoms with van der Waals surface area (Å²) in [6, 6.07) is 0. The zero-order valence-corrected chi connectivity index (χ0v) is 56.4. The Kier molecular flexibility index (Phi) is 62.8. The summed E-state index contributed by atoms with van der Waals surface area (Å²) in [4.78, 5) is 35.9. The predicted octanol–water partition coefficient (Wildman–Crippen LogP) is 23.3. The summed E-state index contributed by atoms with van der Waals surface area (Å²) in [7, 11) is 1.50. The molecule has 10 heteroatoms. The molecule has 0 amide bonds. The SMILES string of the molecule is CCCCCCC/C=C\C/C=C\CCCCCCCCCCCCCCCCCCCCCC(=O)OC(COC(=O)CCCCCCCCCCCCCCCCCCCCCCCCCCCCC)COP(=O)(O)OCC[N+](C)(C)C. The minimum Gasteiger partial charge on any atom is -0.462 e. The molecular weight excluding hydrogens is 1040 g/mol. The number of esters is 2. The first-order valence-corrected chi connectivity index (χ1v) is 37.6. The van der Waals surface area contributed by atoms with Crippen LogP contribution in [0.1, 0.15) is 373 Å². The van der Waals surface area contributed by atoms with Gasteiger partial charge < -0.3 is 18.9 Å². The fraction of sp³-hybridized carbons (Fsp3) is 0.917. The molecule has 9 nitrogen and oxygen atoms in total. The van der Waals surface area contributed by atoms with Crippen molar-refractivity contribution in [3.8, 4) is 0 Å². The molecule has 0 fully saturated rings. The van der Waals surface area contributed by atoms with E-state index < -0.39 is 26.5 Å². The third kappa shape index (κ3) is 67.6. The number of allylic oxidation sites excluding steroid dienone is 4. The van der Waals surface area contributed by atoms with Crippen LogP contribution in [0.3, 0.4) is 0 Å². The van der Waals surface area contributed by atoms with Crippen molar-refractivity contribution in [2.75, 3.05) is 47.5 Å². The molecule has 0 bridgehead atoms. The summed E-state index contributed by atoms with van der Waals surface area (Å²) in [5.74, 6) is -0.772. The van der Waals surface area contributed by atoms with E-state index in [1.54, 1.807) is 0 Å². The fourth-order valence-electron chi connectivity index (χ4n) is 10.9. The number of phosphoric acid groups is 1. The number of carbonyl (C=O) groups is 2. The van der Waals surface area contributed by atoms with E-state index in [4.69, 9.17) is 18.5 Å². The van der Waals surface area contributed by atoms with E-state index >= 15 is 0 Å². The minimum atomic E-state index is -4.39. The standard InChI is InChI=1S/C72H140NO8P/c1-6-8-10-12-14-16-18-20-22-24-26-28-30-32-34-35-36-37-39-41-43-45-47-49-51-53-55-57-59-61-63-65-72(75)81-70(69-80-82(76,77)79-67-66-73(3,4)5)68-78-71(74)64-62-60-58-56-54-52-50-48-46-44-42-40-38-33-31-29-27-25-23-21-19-17-15-13-11-9-7-2/h18,20,24,26,70H,6-17,19,21-23,25,27-69H2,1-5H3/p+1/b20-18-,26-24-. The molecule has 0 aromatic heterocycles. The second-order valence-electron chi connectivity index (χ2n) is 26.0. The topological polar surface area (TPSA) is 108 Å². The molecule has 0 aromatic rings. The first-order valence-electron chi connectivity index (χ1n) is 36.1. The molecule has 2 unspecified atom stereocenters. The van der Waals surface area contributed by atoms with E-state index in [2.05, 4.69) is 38.2 Å². The lowest BCUT2D eigenvalue weighted by Gasteiger charge is -2.24. The van der Waals surface area contributed by atoms with Gasteiger partial charge in [-0.1, -0.05) is 340 Å². The van der Waals surface area contributed by atoms with Crippen LogP contribution in [0.15, 0.2) is 24.3 Å². The maximum atomic E-state index is 12.9. The van der Waals surface area contributed by atoms with Crippen LogP contribution in [-0.2, 0) is 32.7 Å². The molecule has 0 saturated heterocycles. The molecule has 0 heterocycles. The first-order chi connectivity index (χ1) is 40.0. The largest absolute Gasteiger partial charge is 0.472 e. The van der Waals surface area contributed by atoms with Gasteiger partial charge in [0.15, 0.2) is 6.10 Å². The Morgan fingerprint density at radius 1 is 0.378 bits per heavy atom. The van der Waals surface area contributed by atoms with Gasteiger partial charge in [-0.3, -0.25) is 18.6 Å². The Hall–Kier alpha value is -1.51. The number of ether oxygens (including phenoxy) is 2. The predicted molar refractivity (Wildman–Crippen MR) is 354 cm³/mol. The summed E-state index contributed by atoms with van der Waals surface area (Å²) in [5, 5.41) is 0. The molecule has 0 saturated carbocycles. The van der Waals surface area contributed by atoms with Crippen LogP contribution < -0.4 is 0 Å². The van der Waals surface area contributed by atoms with Crippen molar-refractivity contribution in [3.05, 3.63) is 24.3 Å². The van der Waals surface area contributed by atoms with Crippen LogP contribution in [0.4, 0.5) is 0 Å². The molecule has 0 aliphatic heterocycles. The number of phosphoric ester groups is 1. The first kappa shape index (κ1) is 80.5. The minimum absolute atomic E-state index is 0.0358. The van der Waals surface area contributed by atoms with Crippen molar-refractivity contribution in [2.45, 2.75) is 380 Å². The lowest BCUT2D eigenvalue weighted by atomic mass is 10.0. The normalized spacial score (nSPS) is 13.2. The molecule has 0 aliphatic rings. The number of hydrogen-bond donors (Lipinski definition) is 1. The Morgan fingerprint density at radius 3 is 0.963 bits per heavy atom. The summed E-state index contributed by atoms with van der Waals surface area (Å²) in [6.45, 7) is 4.51. The molecule has 1 N–H and O–H groups in total. The zero-order chi connectivity index (χ0) is 59.8. The van der Waals surface area contributed by atoms with Crippen molar-refractivity contribution in [2.24, 2.45) is 0 Å². The molecule has 82 heavy (non-hydrogen) atoms. The third-order valence-corrected chi connectivity index (χ3v) is 17.5. The van der Waals surface area contributed by atoms with E-state index in [-0.39, 0.29) is 25.6 Å². The number of unbranched alkanes of at least 4 members (excludes halogenated alkanes) is 50. The van der Waals surface area contributed by atoms with E-state index in [0.717, 1.165) is 38.5 Å². The van der Waals surface area contributed by atoms with Gasteiger partial charge in [-0.2, -0.15) is 0 Å².